The largest absolute Gasteiger partial charge is 0.409 e. The number of amidine groups is 1. The van der Waals surface area contributed by atoms with Crippen LogP contribution in [0.5, 0.6) is 0 Å². The molecule has 0 aliphatic carbocycles. The maximum atomic E-state index is 10.5. The molecule has 0 bridgehead atoms. The molecule has 1 rings (SSSR count). The third-order valence-corrected chi connectivity index (χ3v) is 1.75. The summed E-state index contributed by atoms with van der Waals surface area (Å²) in [6, 6.07) is 6.81. The van der Waals surface area contributed by atoms with Crippen LogP contribution in [-0.2, 0) is 4.79 Å². The first-order chi connectivity index (χ1) is 7.13. The first-order valence-corrected chi connectivity index (χ1v) is 4.19. The second-order valence-electron chi connectivity index (χ2n) is 2.84. The van der Waals surface area contributed by atoms with Gasteiger partial charge in [-0.15, -0.1) is 0 Å². The Morgan fingerprint density at radius 1 is 1.27 bits per heavy atom. The van der Waals surface area contributed by atoms with Gasteiger partial charge in [0.2, 0.25) is 5.91 Å². The number of carbonyl (C=O) groups is 1. The molecule has 0 aromatic heterocycles. The molecular weight excluding hydrogens is 194 g/mol. The van der Waals surface area contributed by atoms with Crippen LogP contribution in [0.1, 0.15) is 11.1 Å². The number of carbonyl (C=O) groups excluding carboxylic acids is 1. The van der Waals surface area contributed by atoms with E-state index in [0.29, 0.717) is 5.56 Å². The zero-order valence-electron chi connectivity index (χ0n) is 7.92. The molecule has 0 heterocycles. The number of nitrogens with two attached hydrogens (primary N) is 2. The molecule has 0 saturated carbocycles. The van der Waals surface area contributed by atoms with Gasteiger partial charge in [0.25, 0.3) is 0 Å². The summed E-state index contributed by atoms with van der Waals surface area (Å²) in [6.45, 7) is 0. The van der Waals surface area contributed by atoms with Crippen molar-refractivity contribution in [2.45, 2.75) is 0 Å². The van der Waals surface area contributed by atoms with E-state index >= 15 is 0 Å². The fourth-order valence-electron chi connectivity index (χ4n) is 1.00. The Labute approximate surface area is 86.7 Å². The molecule has 5 heteroatoms. The van der Waals surface area contributed by atoms with Gasteiger partial charge in [-0.2, -0.15) is 0 Å². The van der Waals surface area contributed by atoms with E-state index in [2.05, 4.69) is 5.16 Å². The summed E-state index contributed by atoms with van der Waals surface area (Å²) >= 11 is 0. The highest BCUT2D eigenvalue weighted by molar-refractivity contribution is 5.97. The van der Waals surface area contributed by atoms with E-state index in [0.717, 1.165) is 5.56 Å². The Morgan fingerprint density at radius 3 is 2.33 bits per heavy atom. The minimum atomic E-state index is -0.504. The number of oxime groups is 1. The molecule has 1 aromatic carbocycles. The molecular formula is C10H11N3O2. The van der Waals surface area contributed by atoms with E-state index in [1.165, 1.54) is 6.08 Å². The number of hydrogen-bond acceptors (Lipinski definition) is 3. The number of amides is 1. The Bertz CT molecular complexity index is 407. The van der Waals surface area contributed by atoms with Crippen molar-refractivity contribution in [3.8, 4) is 0 Å². The Morgan fingerprint density at radius 2 is 1.87 bits per heavy atom. The molecule has 0 radical (unpaired) electrons. The average Bonchev–Trinajstić information content (AvgIpc) is 2.26. The molecule has 0 fully saturated rings. The van der Waals surface area contributed by atoms with Gasteiger partial charge in [0.1, 0.15) is 0 Å². The minimum Gasteiger partial charge on any atom is -0.409 e. The lowest BCUT2D eigenvalue weighted by Crippen LogP contribution is -2.12. The zero-order chi connectivity index (χ0) is 11.3. The molecule has 1 aromatic rings. The van der Waals surface area contributed by atoms with Crippen LogP contribution in [0.4, 0.5) is 0 Å². The molecule has 0 atom stereocenters. The van der Waals surface area contributed by atoms with Crippen LogP contribution in [-0.4, -0.2) is 17.0 Å². The van der Waals surface area contributed by atoms with E-state index < -0.39 is 5.91 Å². The van der Waals surface area contributed by atoms with Gasteiger partial charge in [-0.3, -0.25) is 4.79 Å². The molecule has 5 N–H and O–H groups in total. The predicted molar refractivity (Wildman–Crippen MR) is 57.2 cm³/mol. The average molecular weight is 205 g/mol. The van der Waals surface area contributed by atoms with Crippen LogP contribution in [0.2, 0.25) is 0 Å². The normalized spacial score (nSPS) is 11.9. The highest BCUT2D eigenvalue weighted by Gasteiger charge is 1.97. The minimum absolute atomic E-state index is 0.0421. The van der Waals surface area contributed by atoms with Crippen molar-refractivity contribution < 1.29 is 10.0 Å². The second-order valence-corrected chi connectivity index (χ2v) is 2.84. The summed E-state index contributed by atoms with van der Waals surface area (Å²) in [4.78, 5) is 10.5. The summed E-state index contributed by atoms with van der Waals surface area (Å²) < 4.78 is 0. The number of benzene rings is 1. The SMILES string of the molecule is NC(=O)C=Cc1ccc(C(N)=NO)cc1. The number of primary amides is 1. The molecule has 0 spiro atoms. The number of hydrogen-bond donors (Lipinski definition) is 3. The van der Waals surface area contributed by atoms with Crippen LogP contribution in [0.3, 0.4) is 0 Å². The molecule has 0 aliphatic heterocycles. The van der Waals surface area contributed by atoms with E-state index in [4.69, 9.17) is 16.7 Å². The predicted octanol–water partition coefficient (Wildman–Crippen LogP) is 0.280. The molecule has 1 amide bonds. The van der Waals surface area contributed by atoms with Gasteiger partial charge in [0, 0.05) is 11.6 Å². The van der Waals surface area contributed by atoms with Gasteiger partial charge in [-0.1, -0.05) is 29.4 Å². The Hall–Kier alpha value is -2.30. The van der Waals surface area contributed by atoms with Crippen LogP contribution >= 0.6 is 0 Å². The van der Waals surface area contributed by atoms with Crippen molar-refractivity contribution >= 4 is 17.8 Å². The summed E-state index contributed by atoms with van der Waals surface area (Å²) in [5.74, 6) is -0.462. The summed E-state index contributed by atoms with van der Waals surface area (Å²) in [5.41, 5.74) is 11.7. The van der Waals surface area contributed by atoms with Crippen molar-refractivity contribution in [2.24, 2.45) is 16.6 Å². The van der Waals surface area contributed by atoms with Crippen molar-refractivity contribution in [1.82, 2.24) is 0 Å². The van der Waals surface area contributed by atoms with E-state index in [1.807, 2.05) is 0 Å². The summed E-state index contributed by atoms with van der Waals surface area (Å²) in [5, 5.41) is 11.3. The summed E-state index contributed by atoms with van der Waals surface area (Å²) in [7, 11) is 0. The maximum absolute atomic E-state index is 10.5. The zero-order valence-corrected chi connectivity index (χ0v) is 7.92. The van der Waals surface area contributed by atoms with Gasteiger partial charge in [-0.25, -0.2) is 0 Å². The van der Waals surface area contributed by atoms with Crippen LogP contribution in [0.25, 0.3) is 6.08 Å². The first kappa shape index (κ1) is 10.8. The van der Waals surface area contributed by atoms with Crippen molar-refractivity contribution in [2.75, 3.05) is 0 Å². The lowest BCUT2D eigenvalue weighted by molar-refractivity contribution is -0.113. The van der Waals surface area contributed by atoms with E-state index in [1.54, 1.807) is 30.3 Å². The lowest BCUT2D eigenvalue weighted by Gasteiger charge is -1.98. The molecule has 0 aliphatic rings. The smallest absolute Gasteiger partial charge is 0.241 e. The fraction of sp³-hybridized carbons (Fsp3) is 0. The molecule has 15 heavy (non-hydrogen) atoms. The topological polar surface area (TPSA) is 102 Å². The highest BCUT2D eigenvalue weighted by Crippen LogP contribution is 2.05. The quantitative estimate of drug-likeness (QED) is 0.217. The monoisotopic (exact) mass is 205 g/mol. The number of nitrogens with zero attached hydrogens (tertiary/aromatic N) is 1. The molecule has 78 valence electrons. The third kappa shape index (κ3) is 3.15. The molecule has 5 nitrogen and oxygen atoms in total. The molecule has 0 saturated heterocycles. The van der Waals surface area contributed by atoms with Gasteiger partial charge in [-0.05, 0) is 11.6 Å². The maximum Gasteiger partial charge on any atom is 0.241 e. The second kappa shape index (κ2) is 4.80. The van der Waals surface area contributed by atoms with Crippen LogP contribution in [0.15, 0.2) is 35.5 Å². The Kier molecular flexibility index (Phi) is 3.45. The highest BCUT2D eigenvalue weighted by atomic mass is 16.4. The van der Waals surface area contributed by atoms with Gasteiger partial charge in [0.15, 0.2) is 5.84 Å². The van der Waals surface area contributed by atoms with Crippen molar-refractivity contribution in [1.29, 1.82) is 0 Å². The standard InChI is InChI=1S/C10H11N3O2/c11-9(14)6-3-7-1-4-8(5-2-7)10(12)13-15/h1-6,15H,(H2,11,14)(H2,12,13). The van der Waals surface area contributed by atoms with Gasteiger partial charge in [0.05, 0.1) is 0 Å². The van der Waals surface area contributed by atoms with Crippen molar-refractivity contribution in [3.63, 3.8) is 0 Å². The van der Waals surface area contributed by atoms with Gasteiger partial charge >= 0.3 is 0 Å². The van der Waals surface area contributed by atoms with E-state index in [-0.39, 0.29) is 5.84 Å². The van der Waals surface area contributed by atoms with E-state index in [9.17, 15) is 4.79 Å². The molecule has 0 unspecified atom stereocenters. The fourth-order valence-corrected chi connectivity index (χ4v) is 1.00. The van der Waals surface area contributed by atoms with Gasteiger partial charge < -0.3 is 16.7 Å². The Balaban J connectivity index is 2.86. The van der Waals surface area contributed by atoms with Crippen LogP contribution < -0.4 is 11.5 Å². The van der Waals surface area contributed by atoms with Crippen LogP contribution in [0, 0.1) is 0 Å². The van der Waals surface area contributed by atoms with Crippen molar-refractivity contribution in [3.05, 3.63) is 41.5 Å². The lowest BCUT2D eigenvalue weighted by atomic mass is 10.1. The first-order valence-electron chi connectivity index (χ1n) is 4.19. The summed E-state index contributed by atoms with van der Waals surface area (Å²) in [6.07, 6.45) is 2.84. The number of rotatable bonds is 3. The third-order valence-electron chi connectivity index (χ3n) is 1.75.